The van der Waals surface area contributed by atoms with Crippen LogP contribution in [0.3, 0.4) is 0 Å². The van der Waals surface area contributed by atoms with Crippen molar-refractivity contribution in [1.29, 1.82) is 0 Å². The number of nitrogens with one attached hydrogen (secondary N) is 1. The van der Waals surface area contributed by atoms with E-state index in [1.165, 1.54) is 31.5 Å². The minimum absolute atomic E-state index is 0. The number of hydrogen-bond donors (Lipinski definition) is 1. The van der Waals surface area contributed by atoms with E-state index in [9.17, 15) is 0 Å². The molecular formula is C14H23BrClN3. The molecule has 2 rings (SSSR count). The van der Waals surface area contributed by atoms with Gasteiger partial charge in [-0.25, -0.2) is 0 Å². The number of hydrogen-bond acceptors (Lipinski definition) is 3. The summed E-state index contributed by atoms with van der Waals surface area (Å²) in [6.07, 6.45) is 5.62. The van der Waals surface area contributed by atoms with Gasteiger partial charge >= 0.3 is 0 Å². The monoisotopic (exact) mass is 347 g/mol. The number of rotatable bonds is 5. The Balaban J connectivity index is 0.00000180. The zero-order chi connectivity index (χ0) is 12.8. The fraction of sp³-hybridized carbons (Fsp3) is 0.643. The third kappa shape index (κ3) is 5.38. The van der Waals surface area contributed by atoms with Crippen LogP contribution in [0.4, 0.5) is 0 Å². The average molecular weight is 349 g/mol. The fourth-order valence-corrected chi connectivity index (χ4v) is 2.79. The lowest BCUT2D eigenvalue weighted by molar-refractivity contribution is 0.152. The molecule has 3 nitrogen and oxygen atoms in total. The third-order valence-corrected chi connectivity index (χ3v) is 3.96. The van der Waals surface area contributed by atoms with E-state index in [-0.39, 0.29) is 12.4 Å². The quantitative estimate of drug-likeness (QED) is 0.885. The number of pyridine rings is 1. The Kier molecular flexibility index (Phi) is 7.91. The second kappa shape index (κ2) is 8.90. The van der Waals surface area contributed by atoms with Gasteiger partial charge in [0.05, 0.1) is 5.69 Å². The molecule has 0 amide bonds. The molecule has 1 aromatic heterocycles. The Morgan fingerprint density at radius 3 is 2.68 bits per heavy atom. The maximum atomic E-state index is 4.49. The van der Waals surface area contributed by atoms with Gasteiger partial charge in [0, 0.05) is 23.3 Å². The Morgan fingerprint density at radius 2 is 2.11 bits per heavy atom. The van der Waals surface area contributed by atoms with Crippen LogP contribution in [0.2, 0.25) is 0 Å². The molecule has 1 aromatic rings. The van der Waals surface area contributed by atoms with Crippen LogP contribution in [0, 0.1) is 0 Å². The lowest BCUT2D eigenvalue weighted by atomic mass is 10.0. The second-order valence-electron chi connectivity index (χ2n) is 4.92. The van der Waals surface area contributed by atoms with Crippen LogP contribution >= 0.6 is 28.3 Å². The highest BCUT2D eigenvalue weighted by Crippen LogP contribution is 2.16. The molecule has 0 unspecified atom stereocenters. The third-order valence-electron chi connectivity index (χ3n) is 3.49. The average Bonchev–Trinajstić information content (AvgIpc) is 2.42. The van der Waals surface area contributed by atoms with Gasteiger partial charge in [0.15, 0.2) is 0 Å². The first-order valence-corrected chi connectivity index (χ1v) is 7.64. The number of halogens is 2. The highest BCUT2D eigenvalue weighted by atomic mass is 79.9. The molecule has 1 aliphatic rings. The highest BCUT2D eigenvalue weighted by molar-refractivity contribution is 9.10. The van der Waals surface area contributed by atoms with E-state index in [0.717, 1.165) is 30.1 Å². The van der Waals surface area contributed by atoms with Crippen LogP contribution in [0.5, 0.6) is 0 Å². The van der Waals surface area contributed by atoms with Gasteiger partial charge in [-0.3, -0.25) is 9.88 Å². The lowest BCUT2D eigenvalue weighted by Gasteiger charge is -2.34. The second-order valence-corrected chi connectivity index (χ2v) is 5.84. The molecule has 1 N–H and O–H groups in total. The van der Waals surface area contributed by atoms with Crippen LogP contribution < -0.4 is 5.32 Å². The molecule has 0 aromatic carbocycles. The molecule has 1 saturated heterocycles. The summed E-state index contributed by atoms with van der Waals surface area (Å²) in [6, 6.07) is 4.92. The van der Waals surface area contributed by atoms with Crippen molar-refractivity contribution in [3.63, 3.8) is 0 Å². The van der Waals surface area contributed by atoms with Crippen molar-refractivity contribution in [1.82, 2.24) is 15.2 Å². The van der Waals surface area contributed by atoms with E-state index >= 15 is 0 Å². The van der Waals surface area contributed by atoms with E-state index in [4.69, 9.17) is 0 Å². The van der Waals surface area contributed by atoms with E-state index < -0.39 is 0 Å². The molecule has 108 valence electrons. The van der Waals surface area contributed by atoms with Gasteiger partial charge in [-0.2, -0.15) is 0 Å². The summed E-state index contributed by atoms with van der Waals surface area (Å²) in [5, 5.41) is 3.43. The van der Waals surface area contributed by atoms with Gasteiger partial charge in [0.25, 0.3) is 0 Å². The van der Waals surface area contributed by atoms with Crippen LogP contribution in [-0.2, 0) is 6.54 Å². The Morgan fingerprint density at radius 1 is 1.37 bits per heavy atom. The topological polar surface area (TPSA) is 28.2 Å². The first kappa shape index (κ1) is 16.9. The van der Waals surface area contributed by atoms with E-state index in [1.54, 1.807) is 0 Å². The van der Waals surface area contributed by atoms with Gasteiger partial charge in [0.1, 0.15) is 0 Å². The van der Waals surface area contributed by atoms with Gasteiger partial charge in [-0.15, -0.1) is 12.4 Å². The van der Waals surface area contributed by atoms with Crippen LogP contribution in [-0.4, -0.2) is 35.6 Å². The van der Waals surface area contributed by atoms with Crippen molar-refractivity contribution in [3.8, 4) is 0 Å². The molecule has 1 aliphatic heterocycles. The zero-order valence-corrected chi connectivity index (χ0v) is 13.8. The predicted molar refractivity (Wildman–Crippen MR) is 85.8 cm³/mol. The summed E-state index contributed by atoms with van der Waals surface area (Å²) in [5.41, 5.74) is 1.17. The number of piperidine rings is 1. The molecule has 0 bridgehead atoms. The normalized spacial score (nSPS) is 16.4. The van der Waals surface area contributed by atoms with Gasteiger partial charge in [-0.05, 0) is 67.0 Å². The molecule has 0 aliphatic carbocycles. The van der Waals surface area contributed by atoms with Crippen molar-refractivity contribution in [2.45, 2.75) is 38.8 Å². The largest absolute Gasteiger partial charge is 0.317 e. The highest BCUT2D eigenvalue weighted by Gasteiger charge is 2.20. The standard InChI is InChI=1S/C14H22BrN3.ClH/c1-2-9-18(14-5-7-16-8-6-14)11-13-4-3-12(15)10-17-13;/h3-4,10,14,16H,2,5-9,11H2,1H3;1H. The van der Waals surface area contributed by atoms with Crippen molar-refractivity contribution in [3.05, 3.63) is 28.5 Å². The molecule has 5 heteroatoms. The first-order chi connectivity index (χ1) is 8.79. The van der Waals surface area contributed by atoms with E-state index in [2.05, 4.69) is 50.2 Å². The van der Waals surface area contributed by atoms with Crippen molar-refractivity contribution < 1.29 is 0 Å². The lowest BCUT2D eigenvalue weighted by Crippen LogP contribution is -2.43. The minimum Gasteiger partial charge on any atom is -0.317 e. The summed E-state index contributed by atoms with van der Waals surface area (Å²) >= 11 is 3.43. The smallest absolute Gasteiger partial charge is 0.0544 e. The molecule has 0 radical (unpaired) electrons. The Labute approximate surface area is 130 Å². The fourth-order valence-electron chi connectivity index (χ4n) is 2.56. The van der Waals surface area contributed by atoms with Crippen molar-refractivity contribution in [2.24, 2.45) is 0 Å². The maximum absolute atomic E-state index is 4.49. The summed E-state index contributed by atoms with van der Waals surface area (Å²) in [6.45, 7) is 6.70. The van der Waals surface area contributed by atoms with Crippen LogP contribution in [0.1, 0.15) is 31.9 Å². The van der Waals surface area contributed by atoms with Crippen molar-refractivity contribution in [2.75, 3.05) is 19.6 Å². The molecule has 0 spiro atoms. The summed E-state index contributed by atoms with van der Waals surface area (Å²) < 4.78 is 1.05. The number of aromatic nitrogens is 1. The van der Waals surface area contributed by atoms with Crippen LogP contribution in [0.25, 0.3) is 0 Å². The molecule has 19 heavy (non-hydrogen) atoms. The van der Waals surface area contributed by atoms with Gasteiger partial charge in [-0.1, -0.05) is 6.92 Å². The van der Waals surface area contributed by atoms with E-state index in [1.807, 2.05) is 6.20 Å². The maximum Gasteiger partial charge on any atom is 0.0544 e. The Bertz CT molecular complexity index is 352. The van der Waals surface area contributed by atoms with Gasteiger partial charge < -0.3 is 5.32 Å². The van der Waals surface area contributed by atoms with Crippen molar-refractivity contribution >= 4 is 28.3 Å². The molecule has 2 heterocycles. The van der Waals surface area contributed by atoms with Gasteiger partial charge in [0.2, 0.25) is 0 Å². The minimum atomic E-state index is 0. The zero-order valence-electron chi connectivity index (χ0n) is 11.4. The summed E-state index contributed by atoms with van der Waals surface area (Å²) in [5.74, 6) is 0. The Hall–Kier alpha value is -0.160. The molecule has 0 saturated carbocycles. The predicted octanol–water partition coefficient (Wildman–Crippen LogP) is 3.23. The number of nitrogens with zero attached hydrogens (tertiary/aromatic N) is 2. The molecular weight excluding hydrogens is 326 g/mol. The molecule has 1 fully saturated rings. The first-order valence-electron chi connectivity index (χ1n) is 6.85. The SMILES string of the molecule is CCCN(Cc1ccc(Br)cn1)C1CCNCC1.Cl. The van der Waals surface area contributed by atoms with E-state index in [0.29, 0.717) is 0 Å². The molecule has 0 atom stereocenters. The summed E-state index contributed by atoms with van der Waals surface area (Å²) in [7, 11) is 0. The summed E-state index contributed by atoms with van der Waals surface area (Å²) in [4.78, 5) is 7.09. The van der Waals surface area contributed by atoms with Crippen LogP contribution in [0.15, 0.2) is 22.8 Å².